The van der Waals surface area contributed by atoms with Crippen LogP contribution in [0.2, 0.25) is 0 Å². The van der Waals surface area contributed by atoms with Crippen molar-refractivity contribution in [3.63, 3.8) is 0 Å². The van der Waals surface area contributed by atoms with E-state index in [1.54, 1.807) is 32.0 Å². The van der Waals surface area contributed by atoms with E-state index in [9.17, 15) is 18.7 Å². The highest BCUT2D eigenvalue weighted by molar-refractivity contribution is 7.92. The van der Waals surface area contributed by atoms with E-state index >= 15 is 0 Å². The minimum absolute atomic E-state index is 0.134. The third kappa shape index (κ3) is 3.95. The maximum atomic E-state index is 14.1. The first-order valence-corrected chi connectivity index (χ1v) is 16.0. The number of allylic oxidation sites excluding steroid dienone is 1. The summed E-state index contributed by atoms with van der Waals surface area (Å²) in [5, 5.41) is 3.86. The summed E-state index contributed by atoms with van der Waals surface area (Å²) in [6, 6.07) is 12.7. The van der Waals surface area contributed by atoms with E-state index in [4.69, 9.17) is 4.52 Å². The van der Waals surface area contributed by atoms with Gasteiger partial charge in [-0.3, -0.25) is 14.2 Å². The zero-order valence-electron chi connectivity index (χ0n) is 24.1. The topological polar surface area (TPSA) is 115 Å². The Morgan fingerprint density at radius 3 is 2.49 bits per heavy atom. The molecule has 3 heterocycles. The van der Waals surface area contributed by atoms with Crippen LogP contribution in [0.15, 0.2) is 63.2 Å². The van der Waals surface area contributed by atoms with Crippen molar-refractivity contribution in [1.82, 2.24) is 5.16 Å². The van der Waals surface area contributed by atoms with Crippen LogP contribution in [0.25, 0.3) is 16.7 Å². The number of Topliss-reactive ketones (excluding diaryl/α,β-unsaturated/α-hetero) is 1. The Hall–Kier alpha value is -3.59. The lowest BCUT2D eigenvalue weighted by molar-refractivity contribution is -0.581. The quantitative estimate of drug-likeness (QED) is 0.278. The van der Waals surface area contributed by atoms with Crippen LogP contribution in [0.3, 0.4) is 0 Å². The van der Waals surface area contributed by atoms with E-state index < -0.39 is 21.0 Å². The minimum atomic E-state index is -3.95. The van der Waals surface area contributed by atoms with Gasteiger partial charge < -0.3 is 10.1 Å². The predicted octanol–water partition coefficient (Wildman–Crippen LogP) is 6.98. The first-order chi connectivity index (χ1) is 19.6. The predicted molar refractivity (Wildman–Crippen MR) is 156 cm³/mol. The largest absolute Gasteiger partial charge is 0.499 e. The molecule has 2 aliphatic carbocycles. The lowest BCUT2D eigenvalue weighted by atomic mass is 9.76. The Morgan fingerprint density at radius 1 is 1.10 bits per heavy atom. The molecule has 1 atom stereocenters. The molecule has 2 fully saturated rings. The Kier molecular flexibility index (Phi) is 6.56. The molecular formula is C32H36N4O4S. The number of rotatable bonds is 9. The molecule has 1 N–H and O–H groups in total. The summed E-state index contributed by atoms with van der Waals surface area (Å²) in [5.41, 5.74) is 15.6. The lowest BCUT2D eigenvalue weighted by Crippen LogP contribution is -2.51. The maximum Gasteiger partial charge on any atom is 0.263 e. The van der Waals surface area contributed by atoms with Gasteiger partial charge in [-0.05, 0) is 69.2 Å². The molecule has 8 nitrogen and oxygen atoms in total. The second kappa shape index (κ2) is 9.76. The molecule has 9 heteroatoms. The summed E-state index contributed by atoms with van der Waals surface area (Å²) >= 11 is 0. The summed E-state index contributed by atoms with van der Waals surface area (Å²) in [6.07, 6.45) is 6.92. The zero-order chi connectivity index (χ0) is 29.2. The number of carbonyl (C=O) groups excluding carboxylic acids is 1. The van der Waals surface area contributed by atoms with E-state index in [0.717, 1.165) is 72.9 Å². The van der Waals surface area contributed by atoms with Crippen molar-refractivity contribution >= 4 is 21.6 Å². The average Bonchev–Trinajstić information content (AvgIpc) is 3.65. The van der Waals surface area contributed by atoms with Gasteiger partial charge in [0.15, 0.2) is 11.5 Å². The van der Waals surface area contributed by atoms with Gasteiger partial charge in [0.25, 0.3) is 10.0 Å². The van der Waals surface area contributed by atoms with Crippen molar-refractivity contribution in [2.24, 2.45) is 5.41 Å². The highest BCUT2D eigenvalue weighted by Gasteiger charge is 2.78. The first-order valence-electron chi connectivity index (χ1n) is 14.5. The molecule has 41 heavy (non-hydrogen) atoms. The first kappa shape index (κ1) is 27.6. The Balaban J connectivity index is 1.33. The zero-order valence-corrected chi connectivity index (χ0v) is 24.9. The third-order valence-electron chi connectivity index (χ3n) is 9.52. The number of aromatic nitrogens is 1. The fourth-order valence-electron chi connectivity index (χ4n) is 7.17. The Labute approximate surface area is 241 Å². The molecule has 1 aromatic heterocycles. The number of hydrogen-bond donors (Lipinski definition) is 1. The Morgan fingerprint density at radius 2 is 1.83 bits per heavy atom. The van der Waals surface area contributed by atoms with Crippen molar-refractivity contribution in [2.75, 3.05) is 4.72 Å². The van der Waals surface area contributed by atoms with E-state index in [1.165, 1.54) is 4.70 Å². The van der Waals surface area contributed by atoms with Crippen LogP contribution in [0.1, 0.15) is 74.3 Å². The van der Waals surface area contributed by atoms with Crippen LogP contribution in [0.5, 0.6) is 0 Å². The molecule has 1 saturated carbocycles. The fourth-order valence-corrected chi connectivity index (χ4v) is 8.46. The summed E-state index contributed by atoms with van der Waals surface area (Å²) in [7, 11) is -3.95. The van der Waals surface area contributed by atoms with Crippen LogP contribution in [-0.4, -0.2) is 29.6 Å². The number of anilines is 1. The van der Waals surface area contributed by atoms with Gasteiger partial charge in [0.2, 0.25) is 11.3 Å². The molecule has 4 aliphatic rings. The van der Waals surface area contributed by atoms with Crippen molar-refractivity contribution < 1.29 is 22.4 Å². The van der Waals surface area contributed by atoms with Gasteiger partial charge >= 0.3 is 0 Å². The number of benzene rings is 2. The highest BCUT2D eigenvalue weighted by Crippen LogP contribution is 2.65. The summed E-state index contributed by atoms with van der Waals surface area (Å²) in [4.78, 5) is 14.2. The minimum Gasteiger partial charge on any atom is -0.499 e. The van der Waals surface area contributed by atoms with Gasteiger partial charge in [-0.15, -0.1) is 0 Å². The highest BCUT2D eigenvalue weighted by atomic mass is 32.2. The fraction of sp³-hybridized carbons (Fsp3) is 0.438. The lowest BCUT2D eigenvalue weighted by Gasteiger charge is -2.36. The molecule has 214 valence electrons. The monoisotopic (exact) mass is 572 g/mol. The van der Waals surface area contributed by atoms with Crippen LogP contribution < -0.4 is 4.72 Å². The molecule has 0 radical (unpaired) electrons. The second-order valence-electron chi connectivity index (χ2n) is 11.9. The van der Waals surface area contributed by atoms with Gasteiger partial charge in [-0.2, -0.15) is 0 Å². The molecule has 2 aromatic carbocycles. The number of hydrogen-bond acceptors (Lipinski definition) is 5. The number of carbonyl (C=O) groups is 1. The van der Waals surface area contributed by atoms with Gasteiger partial charge in [-0.1, -0.05) is 67.7 Å². The molecule has 7 rings (SSSR count). The van der Waals surface area contributed by atoms with Gasteiger partial charge in [-0.25, -0.2) is 8.42 Å². The van der Waals surface area contributed by atoms with Gasteiger partial charge in [0.05, 0.1) is 10.5 Å². The second-order valence-corrected chi connectivity index (χ2v) is 13.5. The number of aryl methyl sites for hydroxylation is 2. The van der Waals surface area contributed by atoms with Crippen LogP contribution in [0, 0.1) is 26.2 Å². The van der Waals surface area contributed by atoms with Crippen molar-refractivity contribution in [3.8, 4) is 11.1 Å². The average molecular weight is 573 g/mol. The van der Waals surface area contributed by atoms with Gasteiger partial charge in [0, 0.05) is 17.5 Å². The number of unbranched alkanes of at least 4 members (excludes halogenated alkanes) is 1. The summed E-state index contributed by atoms with van der Waals surface area (Å²) in [6.45, 7) is 7.61. The van der Waals surface area contributed by atoms with Gasteiger partial charge in [0.1, 0.15) is 11.2 Å². The van der Waals surface area contributed by atoms with Crippen LogP contribution in [0.4, 0.5) is 5.82 Å². The van der Waals surface area contributed by atoms with Crippen molar-refractivity contribution in [2.45, 2.75) is 89.5 Å². The molecular weight excluding hydrogens is 536 g/mol. The SMILES string of the molecule is CCCCC1=C2[N+](=[N-])C1(Cc1ccc(-c3ccccc3S(=O)(=O)Nc3noc(C)c3C)cc1C)C(=O)C21CCCC1. The third-order valence-corrected chi connectivity index (χ3v) is 10.9. The normalized spacial score (nSPS) is 21.2. The number of sulfonamides is 1. The van der Waals surface area contributed by atoms with Crippen LogP contribution in [-0.2, 0) is 21.2 Å². The van der Waals surface area contributed by atoms with Crippen LogP contribution >= 0.6 is 0 Å². The molecule has 3 aromatic rings. The molecule has 1 spiro atoms. The molecule has 1 unspecified atom stereocenters. The van der Waals surface area contributed by atoms with E-state index in [0.29, 0.717) is 23.3 Å². The standard InChI is InChI=1S/C32H36N4O4S/c1-5-6-12-26-28-31(16-9-10-17-31)30(37)32(26,36(28)33)19-24-15-14-23(18-20(24)2)25-11-7-8-13-27(25)41(38,39)35-29-21(3)22(4)40-34-29/h7-8,11,13-15,18H,5-6,9-10,12,16-17,19H2,1-4H3,(H,34,35). The van der Waals surface area contributed by atoms with E-state index in [1.807, 2.05) is 31.2 Å². The maximum absolute atomic E-state index is 14.1. The van der Waals surface area contributed by atoms with E-state index in [-0.39, 0.29) is 16.5 Å². The smallest absolute Gasteiger partial charge is 0.263 e. The number of nitrogens with zero attached hydrogens (tertiary/aromatic N) is 3. The number of ketones is 1. The summed E-state index contributed by atoms with van der Waals surface area (Å²) in [5.74, 6) is 0.883. The van der Waals surface area contributed by atoms with E-state index in [2.05, 4.69) is 16.8 Å². The molecule has 2 aliphatic heterocycles. The Bertz CT molecular complexity index is 1730. The molecule has 2 bridgehead atoms. The van der Waals surface area contributed by atoms with Crippen molar-refractivity contribution in [3.05, 3.63) is 81.7 Å². The molecule has 1 saturated heterocycles. The summed E-state index contributed by atoms with van der Waals surface area (Å²) < 4.78 is 35.9. The van der Waals surface area contributed by atoms with Crippen molar-refractivity contribution in [1.29, 1.82) is 0 Å². The molecule has 0 amide bonds. The number of nitrogens with one attached hydrogen (secondary N) is 1.